The molecular formula is C20H24N4O2. The van der Waals surface area contributed by atoms with Gasteiger partial charge in [0.05, 0.1) is 12.1 Å². The highest BCUT2D eigenvalue weighted by molar-refractivity contribution is 5.95. The van der Waals surface area contributed by atoms with Gasteiger partial charge in [-0.2, -0.15) is 0 Å². The molecule has 0 atom stereocenters. The number of carbonyl (C=O) groups is 1. The van der Waals surface area contributed by atoms with E-state index in [1.54, 1.807) is 4.57 Å². The third-order valence-corrected chi connectivity index (χ3v) is 4.07. The van der Waals surface area contributed by atoms with Crippen molar-refractivity contribution in [2.24, 2.45) is 10.2 Å². The zero-order valence-electron chi connectivity index (χ0n) is 14.2. The fourth-order valence-electron chi connectivity index (χ4n) is 2.77. The van der Waals surface area contributed by atoms with Gasteiger partial charge < -0.3 is 15.0 Å². The number of aromatic nitrogens is 1. The molecule has 0 aliphatic heterocycles. The van der Waals surface area contributed by atoms with Crippen molar-refractivity contribution < 1.29 is 9.90 Å². The lowest BCUT2D eigenvalue weighted by molar-refractivity contribution is -0.116. The summed E-state index contributed by atoms with van der Waals surface area (Å²) in [5, 5.41) is 21.9. The molecule has 6 nitrogen and oxygen atoms in total. The standard InChI is InChI=1S/C19H20N4O2.CH4/c1-3-23-16-11-7-5-9-14(16)18(19(23)25)22-21-17(24)12-20-15-10-6-4-8-13(15)2;/h4-11,20,25H,3,12H2,1-2H3;1H4. The molecule has 2 aromatic carbocycles. The Bertz CT molecular complexity index is 944. The van der Waals surface area contributed by atoms with E-state index in [-0.39, 0.29) is 19.9 Å². The van der Waals surface area contributed by atoms with Gasteiger partial charge in [-0.25, -0.2) is 0 Å². The first-order valence-electron chi connectivity index (χ1n) is 8.16. The number of hydrogen-bond donors (Lipinski definition) is 2. The molecule has 0 aliphatic rings. The number of hydrogen-bond acceptors (Lipinski definition) is 4. The first-order chi connectivity index (χ1) is 12.1. The summed E-state index contributed by atoms with van der Waals surface area (Å²) in [6.07, 6.45) is 0. The number of benzene rings is 2. The largest absolute Gasteiger partial charge is 0.493 e. The Morgan fingerprint density at radius 3 is 2.58 bits per heavy atom. The molecule has 0 radical (unpaired) electrons. The quantitative estimate of drug-likeness (QED) is 0.632. The van der Waals surface area contributed by atoms with E-state index < -0.39 is 5.91 Å². The molecule has 0 fully saturated rings. The number of azo groups is 1. The van der Waals surface area contributed by atoms with Gasteiger partial charge >= 0.3 is 0 Å². The van der Waals surface area contributed by atoms with Gasteiger partial charge in [0.1, 0.15) is 0 Å². The Morgan fingerprint density at radius 2 is 1.85 bits per heavy atom. The summed E-state index contributed by atoms with van der Waals surface area (Å²) >= 11 is 0. The molecule has 1 amide bonds. The van der Waals surface area contributed by atoms with Crippen molar-refractivity contribution in [3.8, 4) is 5.88 Å². The smallest absolute Gasteiger partial charge is 0.283 e. The summed E-state index contributed by atoms with van der Waals surface area (Å²) in [5.74, 6) is -0.386. The van der Waals surface area contributed by atoms with Gasteiger partial charge in [-0.1, -0.05) is 43.8 Å². The van der Waals surface area contributed by atoms with E-state index in [1.807, 2.05) is 62.4 Å². The molecule has 0 saturated heterocycles. The Balaban J connectivity index is 0.00000243. The second-order valence-corrected chi connectivity index (χ2v) is 5.70. The second kappa shape index (κ2) is 8.29. The van der Waals surface area contributed by atoms with E-state index in [4.69, 9.17) is 0 Å². The summed E-state index contributed by atoms with van der Waals surface area (Å²) in [6, 6.07) is 15.2. The zero-order valence-corrected chi connectivity index (χ0v) is 14.2. The van der Waals surface area contributed by atoms with Crippen molar-refractivity contribution in [3.05, 3.63) is 54.1 Å². The molecule has 1 heterocycles. The van der Waals surface area contributed by atoms with Crippen LogP contribution in [0.5, 0.6) is 5.88 Å². The number of aryl methyl sites for hydroxylation is 2. The van der Waals surface area contributed by atoms with Crippen LogP contribution in [0.2, 0.25) is 0 Å². The summed E-state index contributed by atoms with van der Waals surface area (Å²) in [7, 11) is 0. The molecule has 1 aromatic heterocycles. The predicted molar refractivity (Wildman–Crippen MR) is 105 cm³/mol. The number of nitrogens with zero attached hydrogens (tertiary/aromatic N) is 3. The minimum absolute atomic E-state index is 0. The molecule has 2 N–H and O–H groups in total. The number of fused-ring (bicyclic) bond motifs is 1. The first kappa shape index (κ1) is 19.2. The van der Waals surface area contributed by atoms with Gasteiger partial charge in [0, 0.05) is 17.6 Å². The molecular weight excluding hydrogens is 328 g/mol. The van der Waals surface area contributed by atoms with Crippen molar-refractivity contribution in [2.45, 2.75) is 27.8 Å². The Hall–Kier alpha value is -3.15. The topological polar surface area (TPSA) is 79.0 Å². The number of carbonyl (C=O) groups excluding carboxylic acids is 1. The van der Waals surface area contributed by atoms with Gasteiger partial charge in [0.15, 0.2) is 5.69 Å². The van der Waals surface area contributed by atoms with Crippen LogP contribution >= 0.6 is 0 Å². The number of para-hydroxylation sites is 2. The third kappa shape index (κ3) is 3.74. The minimum atomic E-state index is -0.406. The molecule has 3 aromatic rings. The van der Waals surface area contributed by atoms with Crippen LogP contribution in [0.4, 0.5) is 11.4 Å². The summed E-state index contributed by atoms with van der Waals surface area (Å²) in [6.45, 7) is 4.54. The molecule has 6 heteroatoms. The van der Waals surface area contributed by atoms with Crippen molar-refractivity contribution in [2.75, 3.05) is 11.9 Å². The summed E-state index contributed by atoms with van der Waals surface area (Å²) < 4.78 is 1.74. The number of anilines is 1. The molecule has 0 aliphatic carbocycles. The lowest BCUT2D eigenvalue weighted by Gasteiger charge is -2.06. The average molecular weight is 352 g/mol. The molecule has 3 rings (SSSR count). The van der Waals surface area contributed by atoms with Gasteiger partial charge in [-0.05, 0) is 31.5 Å². The Morgan fingerprint density at radius 1 is 1.15 bits per heavy atom. The van der Waals surface area contributed by atoms with Gasteiger partial charge in [-0.3, -0.25) is 4.79 Å². The van der Waals surface area contributed by atoms with Gasteiger partial charge in [-0.15, -0.1) is 10.2 Å². The van der Waals surface area contributed by atoms with Crippen molar-refractivity contribution in [3.63, 3.8) is 0 Å². The van der Waals surface area contributed by atoms with E-state index in [0.717, 1.165) is 22.2 Å². The van der Waals surface area contributed by atoms with Crippen LogP contribution in [0, 0.1) is 6.92 Å². The molecule has 136 valence electrons. The monoisotopic (exact) mass is 352 g/mol. The maximum Gasteiger partial charge on any atom is 0.283 e. The van der Waals surface area contributed by atoms with E-state index in [0.29, 0.717) is 12.2 Å². The van der Waals surface area contributed by atoms with Crippen LogP contribution in [-0.4, -0.2) is 22.1 Å². The molecule has 26 heavy (non-hydrogen) atoms. The van der Waals surface area contributed by atoms with E-state index >= 15 is 0 Å². The number of nitrogens with one attached hydrogen (secondary N) is 1. The van der Waals surface area contributed by atoms with Crippen LogP contribution in [0.15, 0.2) is 58.8 Å². The first-order valence-corrected chi connectivity index (χ1v) is 8.16. The third-order valence-electron chi connectivity index (χ3n) is 4.07. The molecule has 0 unspecified atom stereocenters. The summed E-state index contributed by atoms with van der Waals surface area (Å²) in [5.41, 5.74) is 3.12. The van der Waals surface area contributed by atoms with Gasteiger partial charge in [0.2, 0.25) is 5.88 Å². The highest BCUT2D eigenvalue weighted by Gasteiger charge is 2.15. The van der Waals surface area contributed by atoms with Crippen LogP contribution in [0.3, 0.4) is 0 Å². The van der Waals surface area contributed by atoms with Gasteiger partial charge in [0.25, 0.3) is 5.91 Å². The van der Waals surface area contributed by atoms with Crippen LogP contribution in [0.1, 0.15) is 19.9 Å². The fourth-order valence-corrected chi connectivity index (χ4v) is 2.77. The minimum Gasteiger partial charge on any atom is -0.493 e. The number of rotatable bonds is 5. The zero-order chi connectivity index (χ0) is 17.8. The Kier molecular flexibility index (Phi) is 6.11. The molecule has 0 bridgehead atoms. The van der Waals surface area contributed by atoms with Crippen LogP contribution in [-0.2, 0) is 11.3 Å². The second-order valence-electron chi connectivity index (χ2n) is 5.70. The highest BCUT2D eigenvalue weighted by atomic mass is 16.3. The lowest BCUT2D eigenvalue weighted by atomic mass is 10.2. The average Bonchev–Trinajstić information content (AvgIpc) is 2.90. The Labute approximate surface area is 153 Å². The fraction of sp³-hybridized carbons (Fsp3) is 0.250. The van der Waals surface area contributed by atoms with E-state index in [2.05, 4.69) is 15.5 Å². The van der Waals surface area contributed by atoms with Crippen molar-refractivity contribution in [1.82, 2.24) is 4.57 Å². The van der Waals surface area contributed by atoms with E-state index in [1.165, 1.54) is 0 Å². The lowest BCUT2D eigenvalue weighted by Crippen LogP contribution is -2.11. The summed E-state index contributed by atoms with van der Waals surface area (Å²) in [4.78, 5) is 12.0. The number of amides is 1. The normalized spacial score (nSPS) is 10.8. The molecule has 0 spiro atoms. The number of aromatic hydroxyl groups is 1. The van der Waals surface area contributed by atoms with Crippen LogP contribution < -0.4 is 5.32 Å². The maximum atomic E-state index is 12.0. The van der Waals surface area contributed by atoms with E-state index in [9.17, 15) is 9.90 Å². The van der Waals surface area contributed by atoms with Crippen molar-refractivity contribution >= 4 is 28.2 Å². The van der Waals surface area contributed by atoms with Crippen molar-refractivity contribution in [1.29, 1.82) is 0 Å². The molecule has 0 saturated carbocycles. The predicted octanol–water partition coefficient (Wildman–Crippen LogP) is 5.03. The maximum absolute atomic E-state index is 12.0. The van der Waals surface area contributed by atoms with Crippen LogP contribution in [0.25, 0.3) is 10.9 Å². The SMILES string of the molecule is C.CCn1c(O)c(N=NC(=O)CNc2ccccc2C)c2ccccc21. The highest BCUT2D eigenvalue weighted by Crippen LogP contribution is 2.38.